The largest absolute Gasteiger partial charge is 0.504 e. The summed E-state index contributed by atoms with van der Waals surface area (Å²) in [7, 11) is 5.08. The molecule has 0 saturated carbocycles. The number of carboxylic acid groups (broad SMARTS) is 1. The van der Waals surface area contributed by atoms with Gasteiger partial charge < -0.3 is 25.5 Å². The topological polar surface area (TPSA) is 125 Å². The van der Waals surface area contributed by atoms with Gasteiger partial charge in [0.15, 0.2) is 17.1 Å². The van der Waals surface area contributed by atoms with Crippen LogP contribution in [0.4, 0.5) is 0 Å². The number of carboxylic acids is 1. The second-order valence-electron chi connectivity index (χ2n) is 5.69. The summed E-state index contributed by atoms with van der Waals surface area (Å²) in [6.07, 6.45) is 0.0821. The number of carbonyl (C=O) groups is 3. The highest BCUT2D eigenvalue weighted by Crippen LogP contribution is 2.30. The molecule has 128 valence electrons. The fraction of sp³-hybridized carbons (Fsp3) is 0.400. The van der Waals surface area contributed by atoms with E-state index in [2.05, 4.69) is 5.32 Å². The van der Waals surface area contributed by atoms with Crippen LogP contribution in [0.15, 0.2) is 18.2 Å². The number of hydrogen-bond acceptors (Lipinski definition) is 5. The van der Waals surface area contributed by atoms with Gasteiger partial charge >= 0.3 is 5.97 Å². The Hall–Kier alpha value is -2.71. The van der Waals surface area contributed by atoms with E-state index >= 15 is 0 Å². The molecule has 0 spiro atoms. The molecule has 2 radical (unpaired) electrons. The average molecular weight is 334 g/mol. The molecule has 0 aliphatic carbocycles. The number of ether oxygens (including phenoxy) is 1. The third kappa shape index (κ3) is 5.18. The van der Waals surface area contributed by atoms with E-state index in [1.165, 1.54) is 32.9 Å². The van der Waals surface area contributed by atoms with Crippen LogP contribution in [0.25, 0.3) is 0 Å². The van der Waals surface area contributed by atoms with Crippen molar-refractivity contribution in [3.05, 3.63) is 23.8 Å². The number of nitrogens with one attached hydrogen (secondary N) is 2. The number of aliphatic carboxylic acids is 1. The van der Waals surface area contributed by atoms with Crippen molar-refractivity contribution in [2.24, 2.45) is 0 Å². The lowest BCUT2D eigenvalue weighted by Crippen LogP contribution is -2.46. The first-order valence-corrected chi connectivity index (χ1v) is 7.08. The van der Waals surface area contributed by atoms with E-state index in [1.54, 1.807) is 6.07 Å². The summed E-state index contributed by atoms with van der Waals surface area (Å²) < 4.78 is 5.27. The fourth-order valence-corrected chi connectivity index (χ4v) is 1.89. The first-order chi connectivity index (χ1) is 11.1. The van der Waals surface area contributed by atoms with E-state index in [0.717, 1.165) is 0 Å². The molecule has 2 amide bonds. The molecule has 0 bridgehead atoms. The Bertz CT molecular complexity index is 647. The van der Waals surface area contributed by atoms with Crippen molar-refractivity contribution in [1.29, 1.82) is 0 Å². The number of rotatable bonds is 7. The molecule has 0 aromatic heterocycles. The van der Waals surface area contributed by atoms with Crippen molar-refractivity contribution in [1.82, 2.24) is 10.5 Å². The van der Waals surface area contributed by atoms with E-state index in [9.17, 15) is 19.5 Å². The van der Waals surface area contributed by atoms with Gasteiger partial charge in [0.2, 0.25) is 19.8 Å². The van der Waals surface area contributed by atoms with Gasteiger partial charge in [-0.3, -0.25) is 9.59 Å². The maximum Gasteiger partial charge on any atom is 0.347 e. The minimum atomic E-state index is -1.52. The van der Waals surface area contributed by atoms with E-state index in [-0.39, 0.29) is 17.9 Å². The minimum Gasteiger partial charge on any atom is -0.504 e. The minimum absolute atomic E-state index is 0.00879. The molecule has 4 N–H and O–H groups in total. The average Bonchev–Trinajstić information content (AvgIpc) is 2.47. The van der Waals surface area contributed by atoms with E-state index in [1.807, 2.05) is 5.23 Å². The van der Waals surface area contributed by atoms with Gasteiger partial charge in [-0.25, -0.2) is 4.79 Å². The smallest absolute Gasteiger partial charge is 0.347 e. The number of carbonyl (C=O) groups excluding carboxylic acids is 2. The molecule has 1 aromatic carbocycles. The number of aromatic hydroxyl groups is 1. The summed E-state index contributed by atoms with van der Waals surface area (Å²) in [5, 5.41) is 23.4. The summed E-state index contributed by atoms with van der Waals surface area (Å²) >= 11 is 0. The molecule has 0 aliphatic rings. The van der Waals surface area contributed by atoms with Crippen LogP contribution in [0.2, 0.25) is 0 Å². The van der Waals surface area contributed by atoms with Gasteiger partial charge in [0.05, 0.1) is 0 Å². The lowest BCUT2D eigenvalue weighted by molar-refractivity contribution is -0.152. The number of benzene rings is 1. The summed E-state index contributed by atoms with van der Waals surface area (Å²) in [5.74, 6) is -2.47. The number of phenols is 1. The Morgan fingerprint density at radius 2 is 1.96 bits per heavy atom. The molecule has 0 fully saturated rings. The Morgan fingerprint density at radius 3 is 2.42 bits per heavy atom. The monoisotopic (exact) mass is 334 g/mol. The molecule has 8 nitrogen and oxygen atoms in total. The Labute approximate surface area is 140 Å². The molecule has 1 aromatic rings. The normalized spacial score (nSPS) is 12.1. The van der Waals surface area contributed by atoms with Crippen molar-refractivity contribution in [2.45, 2.75) is 38.8 Å². The van der Waals surface area contributed by atoms with Crippen LogP contribution in [-0.4, -0.2) is 47.6 Å². The lowest BCUT2D eigenvalue weighted by Gasteiger charge is -2.22. The highest BCUT2D eigenvalue weighted by Gasteiger charge is 2.30. The van der Waals surface area contributed by atoms with E-state index in [0.29, 0.717) is 5.56 Å². The molecule has 1 rings (SSSR count). The van der Waals surface area contributed by atoms with Crippen molar-refractivity contribution < 1.29 is 29.3 Å². The van der Waals surface area contributed by atoms with Gasteiger partial charge in [0.25, 0.3) is 0 Å². The first kappa shape index (κ1) is 19.3. The lowest BCUT2D eigenvalue weighted by atomic mass is 10.0. The molecule has 1 atom stereocenters. The Morgan fingerprint density at radius 1 is 1.33 bits per heavy atom. The Balaban J connectivity index is 2.95. The van der Waals surface area contributed by atoms with Crippen LogP contribution in [0.3, 0.4) is 0 Å². The molecule has 0 saturated heterocycles. The van der Waals surface area contributed by atoms with Crippen LogP contribution in [0.1, 0.15) is 26.3 Å². The number of hydrogen-bond donors (Lipinski definition) is 4. The molecule has 9 heteroatoms. The predicted molar refractivity (Wildman–Crippen MR) is 85.7 cm³/mol. The van der Waals surface area contributed by atoms with Gasteiger partial charge in [-0.15, -0.1) is 0 Å². The predicted octanol–water partition coefficient (Wildman–Crippen LogP) is -0.119. The third-order valence-electron chi connectivity index (χ3n) is 3.18. The van der Waals surface area contributed by atoms with Crippen molar-refractivity contribution in [3.8, 4) is 11.5 Å². The summed E-state index contributed by atoms with van der Waals surface area (Å²) in [5.41, 5.74) is -0.993. The fourth-order valence-electron chi connectivity index (χ4n) is 1.89. The summed E-state index contributed by atoms with van der Waals surface area (Å²) in [6.45, 7) is 3.96. The van der Waals surface area contributed by atoms with Gasteiger partial charge in [-0.05, 0) is 31.5 Å². The highest BCUT2D eigenvalue weighted by molar-refractivity contribution is 6.15. The van der Waals surface area contributed by atoms with Crippen molar-refractivity contribution in [2.75, 3.05) is 0 Å². The van der Waals surface area contributed by atoms with E-state index < -0.39 is 29.4 Å². The molecular weight excluding hydrogens is 315 g/mol. The second kappa shape index (κ2) is 7.71. The highest BCUT2D eigenvalue weighted by atomic mass is 16.5. The zero-order chi connectivity index (χ0) is 18.5. The molecule has 0 heterocycles. The maximum absolute atomic E-state index is 11.7. The molecule has 1 unspecified atom stereocenters. The van der Waals surface area contributed by atoms with Gasteiger partial charge in [-0.1, -0.05) is 6.07 Å². The molecular formula is C15H19BN2O6. The van der Waals surface area contributed by atoms with Gasteiger partial charge in [0, 0.05) is 13.3 Å². The van der Waals surface area contributed by atoms with Crippen molar-refractivity contribution >= 4 is 25.8 Å². The first-order valence-electron chi connectivity index (χ1n) is 7.08. The van der Waals surface area contributed by atoms with Crippen LogP contribution in [0.5, 0.6) is 11.5 Å². The SMILES string of the molecule is [B]NC(=O)C(Cc1ccc(OC(C)(C)C(=O)O)c(O)c1)NC(C)=O. The molecule has 24 heavy (non-hydrogen) atoms. The van der Waals surface area contributed by atoms with Crippen LogP contribution in [0, 0.1) is 0 Å². The Kier molecular flexibility index (Phi) is 6.22. The van der Waals surface area contributed by atoms with E-state index in [4.69, 9.17) is 17.8 Å². The van der Waals surface area contributed by atoms with Crippen LogP contribution >= 0.6 is 0 Å². The third-order valence-corrected chi connectivity index (χ3v) is 3.18. The number of phenolic OH excluding ortho intramolecular Hbond substituents is 1. The molecule has 0 aliphatic heterocycles. The zero-order valence-corrected chi connectivity index (χ0v) is 13.6. The van der Waals surface area contributed by atoms with Gasteiger partial charge in [-0.2, -0.15) is 0 Å². The maximum atomic E-state index is 11.7. The van der Waals surface area contributed by atoms with Crippen LogP contribution < -0.4 is 15.3 Å². The van der Waals surface area contributed by atoms with Gasteiger partial charge in [0.1, 0.15) is 6.04 Å². The standard InChI is InChI=1S/C15H19BN2O6/c1-8(19)17-10(13(21)18-16)6-9-4-5-12(11(20)7-9)24-15(2,3)14(22)23/h4-5,7,10,20H,6H2,1-3H3,(H,17,19)(H,18,21)(H,22,23). The zero-order valence-electron chi connectivity index (χ0n) is 13.6. The second-order valence-corrected chi connectivity index (χ2v) is 5.69. The van der Waals surface area contributed by atoms with Crippen LogP contribution in [-0.2, 0) is 20.8 Å². The summed E-state index contributed by atoms with van der Waals surface area (Å²) in [6, 6.07) is 3.35. The number of amides is 2. The summed E-state index contributed by atoms with van der Waals surface area (Å²) in [4.78, 5) is 33.9. The quantitative estimate of drug-likeness (QED) is 0.515. The van der Waals surface area contributed by atoms with Crippen molar-refractivity contribution in [3.63, 3.8) is 0 Å².